The first-order chi connectivity index (χ1) is 4.86. The lowest BCUT2D eigenvalue weighted by Gasteiger charge is -1.85. The van der Waals surface area contributed by atoms with Gasteiger partial charge in [-0.1, -0.05) is 0 Å². The van der Waals surface area contributed by atoms with E-state index in [1.807, 2.05) is 0 Å². The van der Waals surface area contributed by atoms with Crippen molar-refractivity contribution >= 4 is 21.6 Å². The molecule has 0 aliphatic carbocycles. The van der Waals surface area contributed by atoms with Crippen LogP contribution in [0.2, 0.25) is 0 Å². The zero-order valence-electron chi connectivity index (χ0n) is 5.04. The summed E-state index contributed by atoms with van der Waals surface area (Å²) in [6, 6.07) is 4.59. The number of hydrogen-bond acceptors (Lipinski definition) is 2. The predicted molar refractivity (Wildman–Crippen MR) is 39.6 cm³/mol. The van der Waals surface area contributed by atoms with Crippen LogP contribution in [0.3, 0.4) is 0 Å². The van der Waals surface area contributed by atoms with E-state index in [9.17, 15) is 4.39 Å². The normalized spacial score (nSPS) is 10.5. The van der Waals surface area contributed by atoms with Crippen LogP contribution in [0.25, 0.3) is 10.2 Å². The number of fused-ring (bicyclic) bond motifs is 1. The standard InChI is InChI=1S/C7H4FNS/c8-5-1-2-6-7(3-5)10-4-9-6/h1-4H. The molecular formula is C7H4FNS. The van der Waals surface area contributed by atoms with Gasteiger partial charge in [-0.25, -0.2) is 9.37 Å². The molecule has 0 aliphatic rings. The number of benzene rings is 1. The van der Waals surface area contributed by atoms with Crippen molar-refractivity contribution in [2.45, 2.75) is 0 Å². The zero-order valence-corrected chi connectivity index (χ0v) is 5.86. The van der Waals surface area contributed by atoms with Gasteiger partial charge in [0.1, 0.15) is 5.82 Å². The first kappa shape index (κ1) is 5.80. The first-order valence-electron chi connectivity index (χ1n) is 2.85. The van der Waals surface area contributed by atoms with Gasteiger partial charge in [0.2, 0.25) is 0 Å². The fraction of sp³-hybridized carbons (Fsp3) is 0. The molecule has 0 unspecified atom stereocenters. The quantitative estimate of drug-likeness (QED) is 0.566. The van der Waals surface area contributed by atoms with Crippen LogP contribution in [0.4, 0.5) is 4.39 Å². The van der Waals surface area contributed by atoms with Crippen molar-refractivity contribution in [3.05, 3.63) is 29.5 Å². The number of halogens is 1. The number of aromatic nitrogens is 1. The minimum absolute atomic E-state index is 0.197. The van der Waals surface area contributed by atoms with Gasteiger partial charge >= 0.3 is 0 Å². The van der Waals surface area contributed by atoms with Gasteiger partial charge in [-0.05, 0) is 18.2 Å². The summed E-state index contributed by atoms with van der Waals surface area (Å²) in [4.78, 5) is 4.01. The molecule has 0 fully saturated rings. The third-order valence-electron chi connectivity index (χ3n) is 1.29. The predicted octanol–water partition coefficient (Wildman–Crippen LogP) is 2.44. The molecule has 0 bridgehead atoms. The molecule has 1 aromatic heterocycles. The minimum atomic E-state index is -0.197. The lowest BCUT2D eigenvalue weighted by Crippen LogP contribution is -1.70. The fourth-order valence-corrected chi connectivity index (χ4v) is 1.53. The van der Waals surface area contributed by atoms with Crippen molar-refractivity contribution in [2.75, 3.05) is 0 Å². The summed E-state index contributed by atoms with van der Waals surface area (Å²) >= 11 is 1.45. The molecule has 1 heterocycles. The van der Waals surface area contributed by atoms with Crippen molar-refractivity contribution in [3.8, 4) is 0 Å². The molecule has 0 N–H and O–H groups in total. The third kappa shape index (κ3) is 0.789. The van der Waals surface area contributed by atoms with Gasteiger partial charge < -0.3 is 0 Å². The van der Waals surface area contributed by atoms with Crippen LogP contribution in [0, 0.1) is 5.82 Å². The summed E-state index contributed by atoms with van der Waals surface area (Å²) in [6.45, 7) is 0. The summed E-state index contributed by atoms with van der Waals surface area (Å²) < 4.78 is 13.4. The Kier molecular flexibility index (Phi) is 1.17. The van der Waals surface area contributed by atoms with Crippen molar-refractivity contribution in [1.82, 2.24) is 4.98 Å². The molecule has 0 saturated carbocycles. The topological polar surface area (TPSA) is 12.9 Å². The van der Waals surface area contributed by atoms with Gasteiger partial charge in [-0.3, -0.25) is 0 Å². The molecule has 1 nitrogen and oxygen atoms in total. The van der Waals surface area contributed by atoms with Crippen LogP contribution in [0.1, 0.15) is 0 Å². The molecule has 0 saturated heterocycles. The zero-order chi connectivity index (χ0) is 6.97. The Hall–Kier alpha value is -0.960. The van der Waals surface area contributed by atoms with Crippen LogP contribution in [0.5, 0.6) is 0 Å². The number of hydrogen-bond donors (Lipinski definition) is 0. The average molecular weight is 153 g/mol. The number of rotatable bonds is 0. The van der Waals surface area contributed by atoms with E-state index >= 15 is 0 Å². The third-order valence-corrected chi connectivity index (χ3v) is 2.09. The van der Waals surface area contributed by atoms with Crippen LogP contribution in [0.15, 0.2) is 23.7 Å². The lowest BCUT2D eigenvalue weighted by atomic mass is 10.3. The second kappa shape index (κ2) is 2.02. The van der Waals surface area contributed by atoms with Crippen molar-refractivity contribution in [2.24, 2.45) is 0 Å². The summed E-state index contributed by atoms with van der Waals surface area (Å²) in [7, 11) is 0. The highest BCUT2D eigenvalue weighted by Crippen LogP contribution is 2.17. The molecule has 0 radical (unpaired) electrons. The summed E-state index contributed by atoms with van der Waals surface area (Å²) in [5.41, 5.74) is 2.58. The maximum absolute atomic E-state index is 12.5. The van der Waals surface area contributed by atoms with E-state index < -0.39 is 0 Å². The van der Waals surface area contributed by atoms with Gasteiger partial charge in [-0.15, -0.1) is 11.3 Å². The van der Waals surface area contributed by atoms with Gasteiger partial charge in [0, 0.05) is 0 Å². The van der Waals surface area contributed by atoms with E-state index in [1.165, 1.54) is 23.5 Å². The van der Waals surface area contributed by atoms with E-state index in [0.29, 0.717) is 0 Å². The molecule has 0 aliphatic heterocycles. The highest BCUT2D eigenvalue weighted by atomic mass is 32.1. The van der Waals surface area contributed by atoms with Crippen LogP contribution < -0.4 is 0 Å². The molecule has 3 heteroatoms. The molecule has 2 aromatic rings. The largest absolute Gasteiger partial charge is 0.245 e. The molecule has 0 atom stereocenters. The minimum Gasteiger partial charge on any atom is -0.245 e. The van der Waals surface area contributed by atoms with Crippen molar-refractivity contribution in [3.63, 3.8) is 0 Å². The highest BCUT2D eigenvalue weighted by molar-refractivity contribution is 7.16. The smallest absolute Gasteiger partial charge is 0.124 e. The molecule has 0 amide bonds. The first-order valence-corrected chi connectivity index (χ1v) is 3.73. The average Bonchev–Trinajstić information content (AvgIpc) is 2.33. The molecule has 50 valence electrons. The lowest BCUT2D eigenvalue weighted by molar-refractivity contribution is 0.630. The van der Waals surface area contributed by atoms with E-state index in [2.05, 4.69) is 4.98 Å². The van der Waals surface area contributed by atoms with Crippen molar-refractivity contribution < 1.29 is 4.39 Å². The summed E-state index contributed by atoms with van der Waals surface area (Å²) in [5, 5.41) is 0. The maximum Gasteiger partial charge on any atom is 0.124 e. The van der Waals surface area contributed by atoms with Crippen LogP contribution >= 0.6 is 11.3 Å². The highest BCUT2D eigenvalue weighted by Gasteiger charge is 1.95. The maximum atomic E-state index is 12.5. The van der Waals surface area contributed by atoms with Gasteiger partial charge in [0.25, 0.3) is 0 Å². The van der Waals surface area contributed by atoms with E-state index in [1.54, 1.807) is 11.6 Å². The molecule has 0 spiro atoms. The second-order valence-corrected chi connectivity index (χ2v) is 2.85. The number of nitrogens with zero attached hydrogens (tertiary/aromatic N) is 1. The second-order valence-electron chi connectivity index (χ2n) is 1.96. The molecule has 10 heavy (non-hydrogen) atoms. The van der Waals surface area contributed by atoms with Gasteiger partial charge in [0.05, 0.1) is 15.7 Å². The van der Waals surface area contributed by atoms with E-state index in [0.717, 1.165) is 10.2 Å². The summed E-state index contributed by atoms with van der Waals surface area (Å²) in [6.07, 6.45) is 0. The summed E-state index contributed by atoms with van der Waals surface area (Å²) in [5.74, 6) is -0.197. The SMILES string of the molecule is Fc1ccc2ncsc2c1. The Morgan fingerprint density at radius 2 is 2.30 bits per heavy atom. The van der Waals surface area contributed by atoms with E-state index in [4.69, 9.17) is 0 Å². The Labute approximate surface area is 61.1 Å². The number of thiazole rings is 1. The van der Waals surface area contributed by atoms with Gasteiger partial charge in [0.15, 0.2) is 0 Å². The molecular weight excluding hydrogens is 149 g/mol. The Morgan fingerprint density at radius 1 is 1.40 bits per heavy atom. The fourth-order valence-electron chi connectivity index (χ4n) is 0.829. The van der Waals surface area contributed by atoms with Crippen molar-refractivity contribution in [1.29, 1.82) is 0 Å². The monoisotopic (exact) mass is 153 g/mol. The molecule has 1 aromatic carbocycles. The Balaban J connectivity index is 2.86. The van der Waals surface area contributed by atoms with Crippen LogP contribution in [-0.4, -0.2) is 4.98 Å². The van der Waals surface area contributed by atoms with Crippen LogP contribution in [-0.2, 0) is 0 Å². The van der Waals surface area contributed by atoms with Gasteiger partial charge in [-0.2, -0.15) is 0 Å². The van der Waals surface area contributed by atoms with E-state index in [-0.39, 0.29) is 5.82 Å². The molecule has 2 rings (SSSR count). The Morgan fingerprint density at radius 3 is 3.20 bits per heavy atom. The Bertz CT molecular complexity index is 355.